The van der Waals surface area contributed by atoms with E-state index in [0.717, 1.165) is 21.0 Å². The zero-order valence-corrected chi connectivity index (χ0v) is 12.0. The largest absolute Gasteiger partial charge is 0.490 e. The van der Waals surface area contributed by atoms with Crippen molar-refractivity contribution in [3.05, 3.63) is 44.7 Å². The van der Waals surface area contributed by atoms with Crippen LogP contribution in [0, 0.1) is 17.0 Å². The molecule has 1 N–H and O–H groups in total. The fourth-order valence-electron chi connectivity index (χ4n) is 1.50. The predicted molar refractivity (Wildman–Crippen MR) is 74.2 cm³/mol. The summed E-state index contributed by atoms with van der Waals surface area (Å²) in [5.74, 6) is -0.885. The van der Waals surface area contributed by atoms with E-state index in [9.17, 15) is 14.9 Å². The van der Waals surface area contributed by atoms with Crippen molar-refractivity contribution < 1.29 is 9.72 Å². The Morgan fingerprint density at radius 1 is 1.55 bits per heavy atom. The number of benzene rings is 1. The van der Waals surface area contributed by atoms with Crippen molar-refractivity contribution in [3.8, 4) is 0 Å². The molecule has 1 aromatic heterocycles. The fourth-order valence-corrected chi connectivity index (χ4v) is 2.10. The van der Waals surface area contributed by atoms with Crippen LogP contribution in [0.5, 0.6) is 0 Å². The second-order valence-corrected chi connectivity index (χ2v) is 4.89. The Morgan fingerprint density at radius 2 is 2.30 bits per heavy atom. The summed E-state index contributed by atoms with van der Waals surface area (Å²) in [4.78, 5) is 25.0. The lowest BCUT2D eigenvalue weighted by atomic mass is 10.2. The van der Waals surface area contributed by atoms with Gasteiger partial charge in [0.05, 0.1) is 5.69 Å². The molecule has 0 unspecified atom stereocenters. The number of aryl methyl sites for hydroxylation is 1. The zero-order valence-electron chi connectivity index (χ0n) is 10.4. The molecule has 20 heavy (non-hydrogen) atoms. The first-order valence-corrected chi connectivity index (χ1v) is 6.35. The maximum atomic E-state index is 11.8. The van der Waals surface area contributed by atoms with E-state index in [-0.39, 0.29) is 12.5 Å². The Morgan fingerprint density at radius 3 is 2.90 bits per heavy atom. The quantitative estimate of drug-likeness (QED) is 0.676. The minimum atomic E-state index is -0.717. The normalized spacial score (nSPS) is 10.3. The summed E-state index contributed by atoms with van der Waals surface area (Å²) in [6.07, 6.45) is 1.14. The van der Waals surface area contributed by atoms with Gasteiger partial charge in [-0.3, -0.25) is 4.79 Å². The molecule has 1 heterocycles. The van der Waals surface area contributed by atoms with Crippen LogP contribution >= 0.6 is 15.9 Å². The summed E-state index contributed by atoms with van der Waals surface area (Å²) in [6, 6.07) is 5.50. The van der Waals surface area contributed by atoms with Crippen LogP contribution in [0.4, 0.5) is 11.6 Å². The van der Waals surface area contributed by atoms with Crippen LogP contribution in [-0.2, 0) is 11.3 Å². The van der Waals surface area contributed by atoms with Gasteiger partial charge in [-0.2, -0.15) is 4.68 Å². The van der Waals surface area contributed by atoms with Crippen LogP contribution < -0.4 is 5.32 Å². The van der Waals surface area contributed by atoms with Crippen molar-refractivity contribution in [3.63, 3.8) is 0 Å². The SMILES string of the molecule is Cc1ccc(NC(=O)Cn2cnc([N+](=O)[O-])n2)c(Br)c1. The highest BCUT2D eigenvalue weighted by Gasteiger charge is 2.15. The molecule has 104 valence electrons. The molecule has 0 atom stereocenters. The molecule has 2 rings (SSSR count). The highest BCUT2D eigenvalue weighted by molar-refractivity contribution is 9.10. The number of hydrogen-bond donors (Lipinski definition) is 1. The van der Waals surface area contributed by atoms with Gasteiger partial charge in [0.1, 0.15) is 6.54 Å². The Bertz CT molecular complexity index is 670. The van der Waals surface area contributed by atoms with Crippen LogP contribution in [0.1, 0.15) is 5.56 Å². The lowest BCUT2D eigenvalue weighted by Gasteiger charge is -2.07. The molecule has 2 aromatic rings. The lowest BCUT2D eigenvalue weighted by molar-refractivity contribution is -0.394. The molecule has 0 spiro atoms. The van der Waals surface area contributed by atoms with Gasteiger partial charge in [-0.15, -0.1) is 0 Å². The minimum absolute atomic E-state index is 0.152. The topological polar surface area (TPSA) is 103 Å². The molecule has 0 saturated carbocycles. The van der Waals surface area contributed by atoms with E-state index in [1.807, 2.05) is 19.1 Å². The van der Waals surface area contributed by atoms with Crippen molar-refractivity contribution in [1.82, 2.24) is 14.8 Å². The minimum Gasteiger partial charge on any atom is -0.390 e. The molecule has 0 saturated heterocycles. The molecule has 1 amide bonds. The summed E-state index contributed by atoms with van der Waals surface area (Å²) >= 11 is 3.35. The average molecular weight is 340 g/mol. The Kier molecular flexibility index (Phi) is 4.08. The molecule has 9 heteroatoms. The van der Waals surface area contributed by atoms with Crippen LogP contribution in [0.2, 0.25) is 0 Å². The van der Waals surface area contributed by atoms with E-state index >= 15 is 0 Å². The second-order valence-electron chi connectivity index (χ2n) is 4.03. The summed E-state index contributed by atoms with van der Waals surface area (Å²) in [5.41, 5.74) is 1.68. The van der Waals surface area contributed by atoms with Crippen LogP contribution in [0.3, 0.4) is 0 Å². The molecule has 0 radical (unpaired) electrons. The highest BCUT2D eigenvalue weighted by atomic mass is 79.9. The molecular weight excluding hydrogens is 330 g/mol. The molecule has 0 fully saturated rings. The van der Waals surface area contributed by atoms with Crippen molar-refractivity contribution in [2.45, 2.75) is 13.5 Å². The molecule has 0 aliphatic heterocycles. The van der Waals surface area contributed by atoms with Gasteiger partial charge in [-0.25, -0.2) is 0 Å². The Labute approximate surface area is 122 Å². The third-order valence-corrected chi connectivity index (χ3v) is 3.05. The molecule has 0 aliphatic rings. The predicted octanol–water partition coefficient (Wildman–Crippen LogP) is 1.90. The Hall–Kier alpha value is -2.29. The first kappa shape index (κ1) is 14.1. The van der Waals surface area contributed by atoms with Crippen molar-refractivity contribution in [2.75, 3.05) is 5.32 Å². The molecule has 0 bridgehead atoms. The summed E-state index contributed by atoms with van der Waals surface area (Å²) in [5, 5.41) is 16.7. The number of hydrogen-bond acceptors (Lipinski definition) is 5. The van der Waals surface area contributed by atoms with Crippen molar-refractivity contribution in [1.29, 1.82) is 0 Å². The molecule has 0 aliphatic carbocycles. The smallest absolute Gasteiger partial charge is 0.390 e. The first-order valence-electron chi connectivity index (χ1n) is 5.55. The van der Waals surface area contributed by atoms with E-state index in [2.05, 4.69) is 31.3 Å². The van der Waals surface area contributed by atoms with Crippen LogP contribution in [0.25, 0.3) is 0 Å². The summed E-state index contributed by atoms with van der Waals surface area (Å²) in [6.45, 7) is 1.78. The lowest BCUT2D eigenvalue weighted by Crippen LogP contribution is -2.19. The second kappa shape index (κ2) is 5.78. The van der Waals surface area contributed by atoms with E-state index in [0.29, 0.717) is 5.69 Å². The van der Waals surface area contributed by atoms with Gasteiger partial charge in [-0.05, 0) is 45.5 Å². The number of aromatic nitrogens is 3. The third kappa shape index (κ3) is 3.38. The molecule has 8 nitrogen and oxygen atoms in total. The number of nitro groups is 1. The summed E-state index contributed by atoms with van der Waals surface area (Å²) < 4.78 is 1.87. The molecular formula is C11H10BrN5O3. The van der Waals surface area contributed by atoms with E-state index in [1.54, 1.807) is 6.07 Å². The van der Waals surface area contributed by atoms with Gasteiger partial charge in [-0.1, -0.05) is 11.1 Å². The van der Waals surface area contributed by atoms with Crippen LogP contribution in [-0.4, -0.2) is 25.6 Å². The van der Waals surface area contributed by atoms with Gasteiger partial charge in [0, 0.05) is 9.57 Å². The maximum Gasteiger partial charge on any atom is 0.490 e. The number of amides is 1. The van der Waals surface area contributed by atoms with Crippen LogP contribution in [0.15, 0.2) is 29.0 Å². The van der Waals surface area contributed by atoms with E-state index in [4.69, 9.17) is 0 Å². The highest BCUT2D eigenvalue weighted by Crippen LogP contribution is 2.23. The van der Waals surface area contributed by atoms with Crippen molar-refractivity contribution >= 4 is 33.5 Å². The van der Waals surface area contributed by atoms with E-state index in [1.165, 1.54) is 0 Å². The van der Waals surface area contributed by atoms with Gasteiger partial charge >= 0.3 is 5.95 Å². The number of carbonyl (C=O) groups is 1. The number of halogens is 1. The zero-order chi connectivity index (χ0) is 14.7. The average Bonchev–Trinajstić information content (AvgIpc) is 2.81. The maximum absolute atomic E-state index is 11.8. The van der Waals surface area contributed by atoms with Gasteiger partial charge in [0.2, 0.25) is 12.2 Å². The van der Waals surface area contributed by atoms with Gasteiger partial charge in [0.15, 0.2) is 0 Å². The number of rotatable bonds is 4. The van der Waals surface area contributed by atoms with Gasteiger partial charge < -0.3 is 15.4 Å². The monoisotopic (exact) mass is 339 g/mol. The fraction of sp³-hybridized carbons (Fsp3) is 0.182. The number of anilines is 1. The third-order valence-electron chi connectivity index (χ3n) is 2.39. The standard InChI is InChI=1S/C11H10BrN5O3/c1-7-2-3-9(8(12)4-7)14-10(18)5-16-6-13-11(15-16)17(19)20/h2-4,6H,5H2,1H3,(H,14,18). The van der Waals surface area contributed by atoms with E-state index < -0.39 is 10.9 Å². The Balaban J connectivity index is 2.03. The summed E-state index contributed by atoms with van der Waals surface area (Å²) in [7, 11) is 0. The number of nitrogens with one attached hydrogen (secondary N) is 1. The molecule has 1 aromatic carbocycles. The van der Waals surface area contributed by atoms with Crippen molar-refractivity contribution in [2.24, 2.45) is 0 Å². The number of carbonyl (C=O) groups excluding carboxylic acids is 1. The number of nitrogens with zero attached hydrogens (tertiary/aromatic N) is 4. The first-order chi connectivity index (χ1) is 9.45. The van der Waals surface area contributed by atoms with Gasteiger partial charge in [0.25, 0.3) is 0 Å².